The number of esters is 1. The maximum atomic E-state index is 13.1. The monoisotopic (exact) mass is 483 g/mol. The summed E-state index contributed by atoms with van der Waals surface area (Å²) in [5.74, 6) is 6.97. The highest BCUT2D eigenvalue weighted by atomic mass is 16.5. The van der Waals surface area contributed by atoms with Crippen molar-refractivity contribution in [2.24, 2.45) is 0 Å². The molecular weight excluding hydrogens is 458 g/mol. The molecule has 0 fully saturated rings. The molecule has 0 saturated heterocycles. The molecule has 5 rings (SSSR count). The molecule has 36 heavy (non-hydrogen) atoms. The molecule has 4 aromatic heterocycles. The Morgan fingerprint density at radius 2 is 2.11 bits per heavy atom. The molecule has 0 unspecified atom stereocenters. The van der Waals surface area contributed by atoms with Gasteiger partial charge >= 0.3 is 5.97 Å². The number of hydrogen-bond acceptors (Lipinski definition) is 6. The van der Waals surface area contributed by atoms with E-state index in [-0.39, 0.29) is 11.5 Å². The van der Waals surface area contributed by atoms with Crippen LogP contribution < -0.4 is 5.56 Å². The van der Waals surface area contributed by atoms with Gasteiger partial charge in [-0.15, -0.1) is 0 Å². The van der Waals surface area contributed by atoms with E-state index in [1.165, 1.54) is 0 Å². The molecule has 10 nitrogen and oxygen atoms in total. The van der Waals surface area contributed by atoms with Crippen LogP contribution in [0, 0.1) is 18.8 Å². The first-order valence-electron chi connectivity index (χ1n) is 11.7. The van der Waals surface area contributed by atoms with Crippen LogP contribution in [-0.4, -0.2) is 46.3 Å². The van der Waals surface area contributed by atoms with Crippen LogP contribution in [0.1, 0.15) is 41.8 Å². The van der Waals surface area contributed by atoms with Crippen molar-refractivity contribution in [3.63, 3.8) is 0 Å². The topological polar surface area (TPSA) is 112 Å². The van der Waals surface area contributed by atoms with Gasteiger partial charge in [-0.3, -0.25) is 18.4 Å². The molecule has 0 spiro atoms. The SMILES string of the molecule is CCCn1c(=O)c2[nH]c(-c3cnn(CC#Cc4cc(C(=O)OCC)ccc4C)c3)nc2n2ccnc12. The maximum Gasteiger partial charge on any atom is 0.338 e. The van der Waals surface area contributed by atoms with Crippen molar-refractivity contribution < 1.29 is 9.53 Å². The Bertz CT molecular complexity index is 1710. The Balaban J connectivity index is 1.41. The summed E-state index contributed by atoms with van der Waals surface area (Å²) >= 11 is 0. The molecule has 0 radical (unpaired) electrons. The number of H-pyrrole nitrogens is 1. The van der Waals surface area contributed by atoms with E-state index >= 15 is 0 Å². The molecule has 0 atom stereocenters. The van der Waals surface area contributed by atoms with Crippen LogP contribution in [0.5, 0.6) is 0 Å². The molecule has 0 bridgehead atoms. The molecule has 1 aromatic carbocycles. The molecule has 0 aliphatic heterocycles. The Kier molecular flexibility index (Phi) is 6.12. The third-order valence-electron chi connectivity index (χ3n) is 5.80. The van der Waals surface area contributed by atoms with Gasteiger partial charge < -0.3 is 9.72 Å². The standard InChI is InChI=1S/C26H25N7O3/c1-4-11-33-24(34)21-23(32-13-10-27-26(32)33)30-22(29-21)20-15-28-31(16-20)12-6-7-18-14-19(9-8-17(18)3)25(35)36-5-2/h8-10,13-16H,4-5,11-12H2,1-3H3,(H,29,30). The van der Waals surface area contributed by atoms with Gasteiger partial charge in [-0.25, -0.2) is 14.8 Å². The van der Waals surface area contributed by atoms with Gasteiger partial charge in [0.2, 0.25) is 5.78 Å². The van der Waals surface area contributed by atoms with Crippen molar-refractivity contribution in [1.29, 1.82) is 0 Å². The van der Waals surface area contributed by atoms with E-state index in [0.717, 1.165) is 23.1 Å². The molecule has 0 aliphatic rings. The molecule has 0 amide bonds. The van der Waals surface area contributed by atoms with Gasteiger partial charge in [0.05, 0.1) is 23.9 Å². The highest BCUT2D eigenvalue weighted by molar-refractivity contribution is 5.90. The van der Waals surface area contributed by atoms with Crippen molar-refractivity contribution in [2.75, 3.05) is 6.61 Å². The zero-order valence-electron chi connectivity index (χ0n) is 20.3. The number of aromatic amines is 1. The van der Waals surface area contributed by atoms with E-state index in [1.807, 2.05) is 30.5 Å². The van der Waals surface area contributed by atoms with Gasteiger partial charge in [0, 0.05) is 30.7 Å². The van der Waals surface area contributed by atoms with Gasteiger partial charge in [-0.2, -0.15) is 5.10 Å². The molecule has 4 heterocycles. The molecule has 1 N–H and O–H groups in total. The lowest BCUT2D eigenvalue weighted by Crippen LogP contribution is -2.23. The molecule has 10 heteroatoms. The smallest absolute Gasteiger partial charge is 0.338 e. The third kappa shape index (κ3) is 4.15. The fraction of sp³-hybridized carbons (Fsp3) is 0.269. The number of carbonyl (C=O) groups excluding carboxylic acids is 1. The average molecular weight is 484 g/mol. The van der Waals surface area contributed by atoms with Gasteiger partial charge in [-0.1, -0.05) is 24.8 Å². The second-order valence-electron chi connectivity index (χ2n) is 8.32. The van der Waals surface area contributed by atoms with Crippen LogP contribution in [0.15, 0.2) is 47.8 Å². The summed E-state index contributed by atoms with van der Waals surface area (Å²) in [7, 11) is 0. The maximum absolute atomic E-state index is 13.1. The van der Waals surface area contributed by atoms with E-state index in [4.69, 9.17) is 4.74 Å². The van der Waals surface area contributed by atoms with Gasteiger partial charge in [0.25, 0.3) is 5.56 Å². The third-order valence-corrected chi connectivity index (χ3v) is 5.80. The van der Waals surface area contributed by atoms with Gasteiger partial charge in [-0.05, 0) is 38.0 Å². The summed E-state index contributed by atoms with van der Waals surface area (Å²) < 4.78 is 10.2. The Morgan fingerprint density at radius 1 is 1.25 bits per heavy atom. The zero-order valence-corrected chi connectivity index (χ0v) is 20.3. The quantitative estimate of drug-likeness (QED) is 0.293. The minimum absolute atomic E-state index is 0.150. The number of benzene rings is 1. The fourth-order valence-electron chi connectivity index (χ4n) is 4.02. The molecular formula is C26H25N7O3. The second kappa shape index (κ2) is 9.54. The summed E-state index contributed by atoms with van der Waals surface area (Å²) in [5, 5.41) is 4.39. The van der Waals surface area contributed by atoms with E-state index in [0.29, 0.717) is 48.0 Å². The number of nitrogens with zero attached hydrogens (tertiary/aromatic N) is 6. The van der Waals surface area contributed by atoms with E-state index in [1.54, 1.807) is 46.9 Å². The zero-order chi connectivity index (χ0) is 25.2. The number of aryl methyl sites for hydroxylation is 2. The molecule has 0 saturated carbocycles. The number of nitrogens with one attached hydrogen (secondary N) is 1. The predicted molar refractivity (Wildman–Crippen MR) is 135 cm³/mol. The molecule has 0 aliphatic carbocycles. The number of imidazole rings is 2. The Labute approximate surface area is 206 Å². The Morgan fingerprint density at radius 3 is 2.92 bits per heavy atom. The lowest BCUT2D eigenvalue weighted by Gasteiger charge is -2.05. The van der Waals surface area contributed by atoms with Gasteiger partial charge in [0.15, 0.2) is 11.2 Å². The van der Waals surface area contributed by atoms with Crippen LogP contribution in [0.3, 0.4) is 0 Å². The first kappa shape index (κ1) is 23.1. The lowest BCUT2D eigenvalue weighted by atomic mass is 10.1. The first-order valence-corrected chi connectivity index (χ1v) is 11.7. The van der Waals surface area contributed by atoms with Crippen LogP contribution in [0.4, 0.5) is 0 Å². The normalized spacial score (nSPS) is 11.1. The van der Waals surface area contributed by atoms with Crippen LogP contribution >= 0.6 is 0 Å². The van der Waals surface area contributed by atoms with Crippen LogP contribution in [0.25, 0.3) is 28.3 Å². The summed E-state index contributed by atoms with van der Waals surface area (Å²) in [5.41, 5.74) is 3.75. The largest absolute Gasteiger partial charge is 0.462 e. The highest BCUT2D eigenvalue weighted by Gasteiger charge is 2.17. The fourth-order valence-corrected chi connectivity index (χ4v) is 4.02. The first-order chi connectivity index (χ1) is 17.5. The number of hydrogen-bond donors (Lipinski definition) is 1. The van der Waals surface area contributed by atoms with Gasteiger partial charge in [0.1, 0.15) is 12.4 Å². The number of fused-ring (bicyclic) bond motifs is 3. The van der Waals surface area contributed by atoms with Crippen molar-refractivity contribution in [3.05, 3.63) is 70.0 Å². The van der Waals surface area contributed by atoms with Crippen LogP contribution in [-0.2, 0) is 17.8 Å². The van der Waals surface area contributed by atoms with E-state index < -0.39 is 0 Å². The Hall–Kier alpha value is -4.65. The minimum Gasteiger partial charge on any atom is -0.462 e. The van der Waals surface area contributed by atoms with E-state index in [2.05, 4.69) is 31.9 Å². The average Bonchev–Trinajstić information content (AvgIpc) is 3.62. The predicted octanol–water partition coefficient (Wildman–Crippen LogP) is 3.18. The molecule has 182 valence electrons. The number of carbonyl (C=O) groups is 1. The number of rotatable bonds is 6. The van der Waals surface area contributed by atoms with Crippen molar-refractivity contribution in [3.8, 4) is 23.2 Å². The number of ether oxygens (including phenoxy) is 1. The number of aromatic nitrogens is 7. The summed E-state index contributed by atoms with van der Waals surface area (Å²) in [4.78, 5) is 37.2. The molecule has 5 aromatic rings. The van der Waals surface area contributed by atoms with Crippen molar-refractivity contribution in [2.45, 2.75) is 40.3 Å². The van der Waals surface area contributed by atoms with E-state index in [9.17, 15) is 9.59 Å². The lowest BCUT2D eigenvalue weighted by molar-refractivity contribution is 0.0526. The minimum atomic E-state index is -0.363. The summed E-state index contributed by atoms with van der Waals surface area (Å²) in [6, 6.07) is 5.33. The second-order valence-corrected chi connectivity index (χ2v) is 8.32. The summed E-state index contributed by atoms with van der Waals surface area (Å²) in [6.45, 7) is 6.98. The van der Waals surface area contributed by atoms with Crippen LogP contribution in [0.2, 0.25) is 0 Å². The highest BCUT2D eigenvalue weighted by Crippen LogP contribution is 2.19. The summed E-state index contributed by atoms with van der Waals surface area (Å²) in [6.07, 6.45) is 7.78. The van der Waals surface area contributed by atoms with Crippen molar-refractivity contribution >= 4 is 22.9 Å². The van der Waals surface area contributed by atoms with Crippen molar-refractivity contribution in [1.82, 2.24) is 33.7 Å².